The molecule has 0 bridgehead atoms. The van der Waals surface area contributed by atoms with E-state index in [4.69, 9.17) is 4.74 Å². The average Bonchev–Trinajstić information content (AvgIpc) is 3.12. The van der Waals surface area contributed by atoms with Gasteiger partial charge >= 0.3 is 0 Å². The van der Waals surface area contributed by atoms with Crippen LogP contribution in [-0.2, 0) is 23.3 Å². The van der Waals surface area contributed by atoms with Gasteiger partial charge < -0.3 is 9.30 Å². The summed E-state index contributed by atoms with van der Waals surface area (Å²) in [6.45, 7) is 8.04. The quantitative estimate of drug-likeness (QED) is 0.624. The van der Waals surface area contributed by atoms with Crippen LogP contribution < -0.4 is 0 Å². The highest BCUT2D eigenvalue weighted by Gasteiger charge is 2.15. The molecule has 2 aromatic carbocycles. The van der Waals surface area contributed by atoms with E-state index in [1.54, 1.807) is 6.20 Å². The summed E-state index contributed by atoms with van der Waals surface area (Å²) in [6.07, 6.45) is 5.60. The van der Waals surface area contributed by atoms with Gasteiger partial charge in [0.15, 0.2) is 0 Å². The van der Waals surface area contributed by atoms with Gasteiger partial charge in [-0.05, 0) is 22.1 Å². The van der Waals surface area contributed by atoms with Crippen LogP contribution in [0.2, 0.25) is 0 Å². The van der Waals surface area contributed by atoms with Gasteiger partial charge in [0.2, 0.25) is 0 Å². The molecule has 1 atom stereocenters. The van der Waals surface area contributed by atoms with Crippen molar-refractivity contribution in [1.29, 1.82) is 0 Å². The minimum atomic E-state index is -0.00214. The molecule has 0 aliphatic rings. The summed E-state index contributed by atoms with van der Waals surface area (Å²) in [5, 5.41) is 0. The lowest BCUT2D eigenvalue weighted by atomic mass is 9.87. The highest BCUT2D eigenvalue weighted by atomic mass is 16.5. The largest absolute Gasteiger partial charge is 0.367 e. The van der Waals surface area contributed by atoms with Crippen LogP contribution in [-0.4, -0.2) is 9.55 Å². The smallest absolute Gasteiger partial charge is 0.101 e. The van der Waals surface area contributed by atoms with Crippen molar-refractivity contribution in [2.75, 3.05) is 0 Å². The predicted octanol–water partition coefficient (Wildman–Crippen LogP) is 5.14. The van der Waals surface area contributed by atoms with E-state index in [2.05, 4.69) is 78.9 Å². The minimum absolute atomic E-state index is 0.00214. The van der Waals surface area contributed by atoms with Gasteiger partial charge in [-0.1, -0.05) is 75.4 Å². The molecule has 0 radical (unpaired) electrons. The van der Waals surface area contributed by atoms with Crippen molar-refractivity contribution in [3.8, 4) is 0 Å². The highest BCUT2D eigenvalue weighted by Crippen LogP contribution is 2.24. The second-order valence-corrected chi connectivity index (χ2v) is 7.42. The van der Waals surface area contributed by atoms with Crippen LogP contribution in [0.15, 0.2) is 73.3 Å². The molecule has 0 amide bonds. The SMILES string of the molecule is CC(C)(C)c1ccc(COC(Cn2ccnc2)c2ccccc2)cc1. The van der Waals surface area contributed by atoms with Crippen LogP contribution in [0.1, 0.15) is 43.6 Å². The fourth-order valence-electron chi connectivity index (χ4n) is 2.81. The number of imidazole rings is 1. The van der Waals surface area contributed by atoms with Crippen molar-refractivity contribution in [1.82, 2.24) is 9.55 Å². The molecule has 0 spiro atoms. The zero-order chi connectivity index (χ0) is 17.7. The molecule has 3 aromatic rings. The van der Waals surface area contributed by atoms with Crippen LogP contribution in [0.5, 0.6) is 0 Å². The lowest BCUT2D eigenvalue weighted by Crippen LogP contribution is -2.13. The van der Waals surface area contributed by atoms with E-state index in [0.29, 0.717) is 6.61 Å². The van der Waals surface area contributed by atoms with E-state index >= 15 is 0 Å². The van der Waals surface area contributed by atoms with E-state index in [0.717, 1.165) is 6.54 Å². The van der Waals surface area contributed by atoms with Crippen molar-refractivity contribution in [3.05, 3.63) is 90.0 Å². The maximum Gasteiger partial charge on any atom is 0.101 e. The van der Waals surface area contributed by atoms with E-state index in [9.17, 15) is 0 Å². The highest BCUT2D eigenvalue weighted by molar-refractivity contribution is 5.27. The Morgan fingerprint density at radius 2 is 1.72 bits per heavy atom. The second-order valence-electron chi connectivity index (χ2n) is 7.42. The molecule has 0 N–H and O–H groups in total. The Morgan fingerprint density at radius 3 is 2.32 bits per heavy atom. The lowest BCUT2D eigenvalue weighted by Gasteiger charge is -2.21. The third-order valence-electron chi connectivity index (χ3n) is 4.38. The summed E-state index contributed by atoms with van der Waals surface area (Å²) < 4.78 is 8.32. The number of nitrogens with zero attached hydrogens (tertiary/aromatic N) is 2. The van der Waals surface area contributed by atoms with E-state index in [1.807, 2.05) is 18.6 Å². The Hall–Kier alpha value is -2.39. The molecule has 0 saturated carbocycles. The van der Waals surface area contributed by atoms with Gasteiger partial charge in [0, 0.05) is 12.4 Å². The number of ether oxygens (including phenoxy) is 1. The number of benzene rings is 2. The molecule has 0 fully saturated rings. The standard InChI is InChI=1S/C22H26N2O/c1-22(2,3)20-11-9-18(10-12-20)16-25-21(15-24-14-13-23-17-24)19-7-5-4-6-8-19/h4-14,17,21H,15-16H2,1-3H3. The number of hydrogen-bond donors (Lipinski definition) is 0. The first-order valence-electron chi connectivity index (χ1n) is 8.74. The summed E-state index contributed by atoms with van der Waals surface area (Å²) in [7, 11) is 0. The zero-order valence-corrected chi connectivity index (χ0v) is 15.2. The second kappa shape index (κ2) is 7.66. The van der Waals surface area contributed by atoms with Crippen molar-refractivity contribution >= 4 is 0 Å². The molecular formula is C22H26N2O. The first kappa shape index (κ1) is 17.4. The van der Waals surface area contributed by atoms with Gasteiger partial charge in [-0.15, -0.1) is 0 Å². The third-order valence-corrected chi connectivity index (χ3v) is 4.38. The van der Waals surface area contributed by atoms with E-state index in [1.165, 1.54) is 16.7 Å². The van der Waals surface area contributed by atoms with Crippen LogP contribution in [0.25, 0.3) is 0 Å². The fraction of sp³-hybridized carbons (Fsp3) is 0.318. The Kier molecular flexibility index (Phi) is 5.34. The molecule has 3 nitrogen and oxygen atoms in total. The average molecular weight is 334 g/mol. The normalized spacial score (nSPS) is 12.9. The third kappa shape index (κ3) is 4.80. The van der Waals surface area contributed by atoms with Crippen LogP contribution in [0.3, 0.4) is 0 Å². The number of aromatic nitrogens is 2. The summed E-state index contributed by atoms with van der Waals surface area (Å²) in [5.74, 6) is 0. The zero-order valence-electron chi connectivity index (χ0n) is 15.2. The molecule has 0 saturated heterocycles. The Morgan fingerprint density at radius 1 is 1.00 bits per heavy atom. The van der Waals surface area contributed by atoms with Crippen molar-refractivity contribution < 1.29 is 4.74 Å². The first-order valence-corrected chi connectivity index (χ1v) is 8.74. The van der Waals surface area contributed by atoms with Crippen molar-refractivity contribution in [2.45, 2.75) is 45.4 Å². The summed E-state index contributed by atoms with van der Waals surface area (Å²) in [5.41, 5.74) is 3.89. The van der Waals surface area contributed by atoms with Gasteiger partial charge in [0.1, 0.15) is 6.10 Å². The van der Waals surface area contributed by atoms with Gasteiger partial charge in [-0.25, -0.2) is 4.98 Å². The van der Waals surface area contributed by atoms with Gasteiger partial charge in [-0.3, -0.25) is 0 Å². The molecule has 3 rings (SSSR count). The molecule has 0 aliphatic carbocycles. The maximum atomic E-state index is 6.26. The van der Waals surface area contributed by atoms with E-state index < -0.39 is 0 Å². The molecule has 1 aromatic heterocycles. The fourth-order valence-corrected chi connectivity index (χ4v) is 2.81. The molecule has 130 valence electrons. The molecule has 25 heavy (non-hydrogen) atoms. The summed E-state index contributed by atoms with van der Waals surface area (Å²) >= 11 is 0. The lowest BCUT2D eigenvalue weighted by molar-refractivity contribution is 0.0279. The van der Waals surface area contributed by atoms with Crippen LogP contribution >= 0.6 is 0 Å². The van der Waals surface area contributed by atoms with Crippen molar-refractivity contribution in [2.24, 2.45) is 0 Å². The topological polar surface area (TPSA) is 27.1 Å². The first-order chi connectivity index (χ1) is 12.0. The predicted molar refractivity (Wildman–Crippen MR) is 101 cm³/mol. The summed E-state index contributed by atoms with van der Waals surface area (Å²) in [4.78, 5) is 4.13. The summed E-state index contributed by atoms with van der Waals surface area (Å²) in [6, 6.07) is 19.1. The Labute approximate surface area is 150 Å². The molecule has 1 heterocycles. The van der Waals surface area contributed by atoms with Crippen LogP contribution in [0, 0.1) is 0 Å². The van der Waals surface area contributed by atoms with Gasteiger partial charge in [-0.2, -0.15) is 0 Å². The van der Waals surface area contributed by atoms with Gasteiger partial charge in [0.25, 0.3) is 0 Å². The van der Waals surface area contributed by atoms with Crippen LogP contribution in [0.4, 0.5) is 0 Å². The van der Waals surface area contributed by atoms with Gasteiger partial charge in [0.05, 0.1) is 19.5 Å². The van der Waals surface area contributed by atoms with Crippen molar-refractivity contribution in [3.63, 3.8) is 0 Å². The molecule has 3 heteroatoms. The number of hydrogen-bond acceptors (Lipinski definition) is 2. The monoisotopic (exact) mass is 334 g/mol. The molecule has 0 aliphatic heterocycles. The Balaban J connectivity index is 1.70. The maximum absolute atomic E-state index is 6.26. The Bertz CT molecular complexity index is 756. The van der Waals surface area contributed by atoms with E-state index in [-0.39, 0.29) is 11.5 Å². The molecular weight excluding hydrogens is 308 g/mol. The molecule has 1 unspecified atom stereocenters. The number of rotatable bonds is 6. The minimum Gasteiger partial charge on any atom is -0.367 e.